The Bertz CT molecular complexity index is 1800. The molecule has 2 heterocycles. The van der Waals surface area contributed by atoms with Gasteiger partial charge in [-0.3, -0.25) is 0 Å². The maximum atomic E-state index is 7.13. The Balaban J connectivity index is 1.23. The van der Waals surface area contributed by atoms with E-state index in [-0.39, 0.29) is 12.2 Å². The minimum absolute atomic E-state index is 0.237. The van der Waals surface area contributed by atoms with E-state index in [4.69, 9.17) is 40.0 Å². The zero-order valence-corrected chi connectivity index (χ0v) is 29.1. The van der Waals surface area contributed by atoms with Crippen LogP contribution in [0.25, 0.3) is 0 Å². The summed E-state index contributed by atoms with van der Waals surface area (Å²) < 4.78 is 38.6. The summed E-state index contributed by atoms with van der Waals surface area (Å²) in [6, 6.07) is 41.0. The molecule has 0 N–H and O–H groups in total. The van der Waals surface area contributed by atoms with E-state index < -0.39 is 12.2 Å². The summed E-state index contributed by atoms with van der Waals surface area (Å²) in [4.78, 5) is 0. The van der Waals surface area contributed by atoms with Gasteiger partial charge in [-0.2, -0.15) is 0 Å². The largest absolute Gasteiger partial charge is 0.497 e. The highest BCUT2D eigenvalue weighted by atomic mass is 35.5. The molecule has 0 radical (unpaired) electrons. The molecular formula is C43H43ClO6. The van der Waals surface area contributed by atoms with Crippen molar-refractivity contribution in [3.8, 4) is 11.5 Å². The van der Waals surface area contributed by atoms with Crippen LogP contribution < -0.4 is 9.47 Å². The topological polar surface area (TPSA) is 55.4 Å². The molecule has 2 aliphatic heterocycles. The van der Waals surface area contributed by atoms with Gasteiger partial charge in [0.1, 0.15) is 23.7 Å². The molecule has 7 heteroatoms. The van der Waals surface area contributed by atoms with Gasteiger partial charge in [0.25, 0.3) is 0 Å². The predicted molar refractivity (Wildman–Crippen MR) is 195 cm³/mol. The molecule has 4 atom stereocenters. The normalized spacial score (nSPS) is 19.9. The van der Waals surface area contributed by atoms with Crippen molar-refractivity contribution >= 4 is 11.6 Å². The lowest BCUT2D eigenvalue weighted by Gasteiger charge is -2.42. The average molecular weight is 691 g/mol. The number of ether oxygens (including phenoxy) is 6. The van der Waals surface area contributed by atoms with Gasteiger partial charge in [-0.1, -0.05) is 115 Å². The minimum atomic E-state index is -0.489. The second-order valence-electron chi connectivity index (χ2n) is 12.9. The Morgan fingerprint density at radius 2 is 1.34 bits per heavy atom. The maximum Gasteiger partial charge on any atom is 0.130 e. The van der Waals surface area contributed by atoms with Crippen LogP contribution in [0.15, 0.2) is 121 Å². The SMILES string of the molecule is COc1ccc(Cc2cc(C3O[C@H](COCc4ccccc4)C[C@H](OCc4ccccc4)[C@H]3OCc3ccccc3)c3c(c2Cl)CCO3)cc1. The predicted octanol–water partition coefficient (Wildman–Crippen LogP) is 9.09. The molecule has 7 rings (SSSR count). The standard InChI is InChI=1S/C43H43ClO6/c1-45-35-19-17-30(18-20-35)23-34-24-38(41-37(40(34)44)21-22-47-41)42-43(49-28-33-15-9-4-10-16-33)39(48-27-32-13-7-3-8-14-32)25-36(50-42)29-46-26-31-11-5-2-6-12-31/h2-20,24,36,39,42-43H,21-23,25-29H2,1H3/t36-,39-,42?,43+/m0/s1. The third-order valence-corrected chi connectivity index (χ3v) is 9.85. The van der Waals surface area contributed by atoms with E-state index in [1.165, 1.54) is 0 Å². The van der Waals surface area contributed by atoms with Gasteiger partial charge < -0.3 is 28.4 Å². The van der Waals surface area contributed by atoms with Gasteiger partial charge in [-0.15, -0.1) is 0 Å². The molecule has 50 heavy (non-hydrogen) atoms. The number of rotatable bonds is 14. The lowest BCUT2D eigenvalue weighted by molar-refractivity contribution is -0.219. The lowest BCUT2D eigenvalue weighted by Crippen LogP contribution is -2.47. The fourth-order valence-electron chi connectivity index (χ4n) is 6.81. The molecule has 5 aromatic carbocycles. The van der Waals surface area contributed by atoms with Crippen molar-refractivity contribution in [1.82, 2.24) is 0 Å². The Morgan fingerprint density at radius 3 is 1.98 bits per heavy atom. The van der Waals surface area contributed by atoms with Gasteiger partial charge in [0.2, 0.25) is 0 Å². The summed E-state index contributed by atoms with van der Waals surface area (Å²) in [5.41, 5.74) is 7.41. The summed E-state index contributed by atoms with van der Waals surface area (Å²) in [7, 11) is 1.68. The molecule has 2 aliphatic rings. The number of methoxy groups -OCH3 is 1. The van der Waals surface area contributed by atoms with Crippen LogP contribution in [-0.4, -0.2) is 38.6 Å². The van der Waals surface area contributed by atoms with Crippen LogP contribution in [0.4, 0.5) is 0 Å². The van der Waals surface area contributed by atoms with E-state index in [0.717, 1.165) is 61.9 Å². The Kier molecular flexibility index (Phi) is 11.4. The van der Waals surface area contributed by atoms with Crippen molar-refractivity contribution in [3.63, 3.8) is 0 Å². The third kappa shape index (κ3) is 8.40. The second-order valence-corrected chi connectivity index (χ2v) is 13.3. The molecule has 0 aromatic heterocycles. The summed E-state index contributed by atoms with van der Waals surface area (Å²) >= 11 is 7.13. The number of hydrogen-bond donors (Lipinski definition) is 0. The third-order valence-electron chi connectivity index (χ3n) is 9.38. The van der Waals surface area contributed by atoms with Crippen LogP contribution >= 0.6 is 11.6 Å². The first-order valence-corrected chi connectivity index (χ1v) is 17.7. The fraction of sp³-hybridized carbons (Fsp3) is 0.302. The van der Waals surface area contributed by atoms with Gasteiger partial charge in [-0.05, 0) is 52.4 Å². The van der Waals surface area contributed by atoms with Gasteiger partial charge in [0.05, 0.1) is 57.4 Å². The summed E-state index contributed by atoms with van der Waals surface area (Å²) in [6.45, 7) is 2.35. The number of halogens is 1. The highest BCUT2D eigenvalue weighted by Crippen LogP contribution is 2.46. The number of benzene rings is 5. The van der Waals surface area contributed by atoms with Crippen molar-refractivity contribution in [2.24, 2.45) is 0 Å². The molecule has 6 nitrogen and oxygen atoms in total. The van der Waals surface area contributed by atoms with Gasteiger partial charge in [0, 0.05) is 24.0 Å². The fourth-order valence-corrected chi connectivity index (χ4v) is 7.11. The van der Waals surface area contributed by atoms with Crippen LogP contribution in [-0.2, 0) is 51.6 Å². The zero-order valence-electron chi connectivity index (χ0n) is 28.3. The van der Waals surface area contributed by atoms with E-state index in [0.29, 0.717) is 45.9 Å². The van der Waals surface area contributed by atoms with Crippen LogP contribution in [0, 0.1) is 0 Å². The minimum Gasteiger partial charge on any atom is -0.497 e. The van der Waals surface area contributed by atoms with Gasteiger partial charge in [0.15, 0.2) is 0 Å². The van der Waals surface area contributed by atoms with Gasteiger partial charge in [-0.25, -0.2) is 0 Å². The summed E-state index contributed by atoms with van der Waals surface area (Å²) in [5, 5.41) is 0.745. The van der Waals surface area contributed by atoms with Crippen LogP contribution in [0.5, 0.6) is 11.5 Å². The molecule has 1 unspecified atom stereocenters. The van der Waals surface area contributed by atoms with E-state index >= 15 is 0 Å². The smallest absolute Gasteiger partial charge is 0.130 e. The first kappa shape index (κ1) is 34.3. The molecule has 5 aromatic rings. The van der Waals surface area contributed by atoms with E-state index in [2.05, 4.69) is 54.6 Å². The Morgan fingerprint density at radius 1 is 0.720 bits per heavy atom. The molecule has 0 bridgehead atoms. The molecule has 0 amide bonds. The van der Waals surface area contributed by atoms with E-state index in [1.807, 2.05) is 66.7 Å². The molecule has 0 aliphatic carbocycles. The second kappa shape index (κ2) is 16.7. The van der Waals surface area contributed by atoms with Crippen LogP contribution in [0.3, 0.4) is 0 Å². The van der Waals surface area contributed by atoms with Crippen LogP contribution in [0.1, 0.15) is 51.5 Å². The number of hydrogen-bond acceptors (Lipinski definition) is 6. The van der Waals surface area contributed by atoms with Crippen molar-refractivity contribution in [3.05, 3.63) is 165 Å². The molecule has 1 fully saturated rings. The van der Waals surface area contributed by atoms with Crippen molar-refractivity contribution < 1.29 is 28.4 Å². The number of fused-ring (bicyclic) bond motifs is 1. The first-order chi connectivity index (χ1) is 24.6. The monoisotopic (exact) mass is 690 g/mol. The summed E-state index contributed by atoms with van der Waals surface area (Å²) in [5.74, 6) is 1.61. The highest BCUT2D eigenvalue weighted by molar-refractivity contribution is 6.32. The molecule has 0 spiro atoms. The average Bonchev–Trinajstić information content (AvgIpc) is 3.67. The van der Waals surface area contributed by atoms with Crippen molar-refractivity contribution in [2.75, 3.05) is 20.3 Å². The maximum absolute atomic E-state index is 7.13. The van der Waals surface area contributed by atoms with Crippen LogP contribution in [0.2, 0.25) is 5.02 Å². The van der Waals surface area contributed by atoms with E-state index in [9.17, 15) is 0 Å². The Hall–Kier alpha value is -4.17. The zero-order chi connectivity index (χ0) is 34.1. The molecule has 1 saturated heterocycles. The molecule has 0 saturated carbocycles. The highest BCUT2D eigenvalue weighted by Gasteiger charge is 2.44. The van der Waals surface area contributed by atoms with Gasteiger partial charge >= 0.3 is 0 Å². The first-order valence-electron chi connectivity index (χ1n) is 17.3. The van der Waals surface area contributed by atoms with Crippen molar-refractivity contribution in [1.29, 1.82) is 0 Å². The summed E-state index contributed by atoms with van der Waals surface area (Å²) in [6.07, 6.45) is 0.581. The quantitative estimate of drug-likeness (QED) is 0.116. The van der Waals surface area contributed by atoms with Crippen molar-refractivity contribution in [2.45, 2.75) is 63.5 Å². The Labute approximate surface area is 299 Å². The lowest BCUT2D eigenvalue weighted by atomic mass is 9.89. The molecule has 258 valence electrons. The van der Waals surface area contributed by atoms with E-state index in [1.54, 1.807) is 7.11 Å². The molecular weight excluding hydrogens is 648 g/mol.